The van der Waals surface area contributed by atoms with Gasteiger partial charge < -0.3 is 15.2 Å². The zero-order valence-electron chi connectivity index (χ0n) is 14.1. The van der Waals surface area contributed by atoms with Gasteiger partial charge in [0.25, 0.3) is 5.91 Å². The van der Waals surface area contributed by atoms with Crippen molar-refractivity contribution in [3.05, 3.63) is 53.9 Å². The van der Waals surface area contributed by atoms with Gasteiger partial charge in [0.15, 0.2) is 5.82 Å². The second-order valence-corrected chi connectivity index (χ2v) is 6.12. The van der Waals surface area contributed by atoms with Gasteiger partial charge in [0.1, 0.15) is 24.5 Å². The Balaban J connectivity index is 1.67. The number of rotatable bonds is 5. The Morgan fingerprint density at radius 2 is 2.15 bits per heavy atom. The van der Waals surface area contributed by atoms with Gasteiger partial charge in [0.2, 0.25) is 0 Å². The van der Waals surface area contributed by atoms with Crippen molar-refractivity contribution >= 4 is 17.4 Å². The van der Waals surface area contributed by atoms with Crippen molar-refractivity contribution in [3.63, 3.8) is 0 Å². The second kappa shape index (κ2) is 6.55. The van der Waals surface area contributed by atoms with Crippen LogP contribution in [0.2, 0.25) is 0 Å². The molecule has 1 aliphatic heterocycles. The zero-order chi connectivity index (χ0) is 18.1. The van der Waals surface area contributed by atoms with E-state index in [1.54, 1.807) is 23.6 Å². The first-order valence-corrected chi connectivity index (χ1v) is 8.27. The van der Waals surface area contributed by atoms with E-state index in [2.05, 4.69) is 25.8 Å². The molecule has 8 heteroatoms. The lowest BCUT2D eigenvalue weighted by Gasteiger charge is -2.13. The number of alkyl halides is 1. The van der Waals surface area contributed by atoms with E-state index in [4.69, 9.17) is 0 Å². The summed E-state index contributed by atoms with van der Waals surface area (Å²) in [5.41, 5.74) is 2.85. The molecule has 0 saturated carbocycles. The predicted molar refractivity (Wildman–Crippen MR) is 94.8 cm³/mol. The molecule has 1 aromatic carbocycles. The summed E-state index contributed by atoms with van der Waals surface area (Å²) in [6, 6.07) is 10.7. The average Bonchev–Trinajstić information content (AvgIpc) is 3.29. The van der Waals surface area contributed by atoms with Gasteiger partial charge in [-0.15, -0.1) is 10.2 Å². The van der Waals surface area contributed by atoms with Gasteiger partial charge in [-0.3, -0.25) is 4.79 Å². The maximum atomic E-state index is 13.0. The fraction of sp³-hybridized carbons (Fsp3) is 0.222. The van der Waals surface area contributed by atoms with E-state index in [1.165, 1.54) is 6.33 Å². The van der Waals surface area contributed by atoms with Crippen LogP contribution in [0, 0.1) is 0 Å². The Morgan fingerprint density at radius 3 is 3.00 bits per heavy atom. The Labute approximate surface area is 149 Å². The number of amides is 1. The molecule has 0 spiro atoms. The number of aromatic nitrogens is 4. The minimum absolute atomic E-state index is 0.101. The van der Waals surface area contributed by atoms with E-state index >= 15 is 0 Å². The van der Waals surface area contributed by atoms with Crippen LogP contribution in [-0.4, -0.2) is 32.3 Å². The van der Waals surface area contributed by atoms with Crippen molar-refractivity contribution in [2.24, 2.45) is 0 Å². The summed E-state index contributed by atoms with van der Waals surface area (Å²) >= 11 is 0. The molecule has 0 saturated heterocycles. The van der Waals surface area contributed by atoms with Crippen LogP contribution in [-0.2, 0) is 6.54 Å². The van der Waals surface area contributed by atoms with Crippen LogP contribution in [0.3, 0.4) is 0 Å². The van der Waals surface area contributed by atoms with Gasteiger partial charge in [0.05, 0.1) is 17.3 Å². The standard InChI is InChI=1S/C18H17FN6O/c1-11(8-19)25-10-21-24-17(25)14-6-3-7-15(23-14)22-13-5-2-4-12-9-20-18(26)16(12)13/h2-7,10-11H,8-9H2,1H3,(H,20,26)(H,22,23). The highest BCUT2D eigenvalue weighted by Crippen LogP contribution is 2.27. The van der Waals surface area contributed by atoms with Gasteiger partial charge in [-0.1, -0.05) is 18.2 Å². The molecular weight excluding hydrogens is 335 g/mol. The molecule has 0 aliphatic carbocycles. The quantitative estimate of drug-likeness (QED) is 0.738. The predicted octanol–water partition coefficient (Wildman–Crippen LogP) is 2.86. The molecule has 1 atom stereocenters. The van der Waals surface area contributed by atoms with E-state index in [0.29, 0.717) is 35.1 Å². The van der Waals surface area contributed by atoms with Crippen LogP contribution < -0.4 is 10.6 Å². The van der Waals surface area contributed by atoms with Crippen LogP contribution in [0.4, 0.5) is 15.9 Å². The SMILES string of the molecule is CC(CF)n1cnnc1-c1cccc(Nc2cccc3c2C(=O)NC3)n1. The molecule has 26 heavy (non-hydrogen) atoms. The number of nitrogens with zero attached hydrogens (tertiary/aromatic N) is 4. The lowest BCUT2D eigenvalue weighted by atomic mass is 10.1. The molecule has 2 aromatic heterocycles. The summed E-state index contributed by atoms with van der Waals surface area (Å²) in [5.74, 6) is 0.962. The molecule has 0 fully saturated rings. The highest BCUT2D eigenvalue weighted by Gasteiger charge is 2.22. The third kappa shape index (κ3) is 2.79. The molecule has 132 valence electrons. The summed E-state index contributed by atoms with van der Waals surface area (Å²) in [7, 11) is 0. The topological polar surface area (TPSA) is 84.7 Å². The molecule has 2 N–H and O–H groups in total. The molecule has 4 rings (SSSR count). The van der Waals surface area contributed by atoms with Gasteiger partial charge in [0, 0.05) is 6.54 Å². The zero-order valence-corrected chi connectivity index (χ0v) is 14.1. The largest absolute Gasteiger partial charge is 0.348 e. The summed E-state index contributed by atoms with van der Waals surface area (Å²) < 4.78 is 14.7. The number of nitrogens with one attached hydrogen (secondary N) is 2. The summed E-state index contributed by atoms with van der Waals surface area (Å²) in [6.45, 7) is 1.76. The van der Waals surface area contributed by atoms with Gasteiger partial charge >= 0.3 is 0 Å². The third-order valence-corrected chi connectivity index (χ3v) is 4.33. The molecule has 7 nitrogen and oxygen atoms in total. The van der Waals surface area contributed by atoms with Crippen molar-refractivity contribution in [1.29, 1.82) is 0 Å². The maximum Gasteiger partial charge on any atom is 0.254 e. The van der Waals surface area contributed by atoms with Crippen LogP contribution in [0.15, 0.2) is 42.7 Å². The van der Waals surface area contributed by atoms with Crippen molar-refractivity contribution in [2.75, 3.05) is 12.0 Å². The van der Waals surface area contributed by atoms with Crippen molar-refractivity contribution in [3.8, 4) is 11.5 Å². The number of fused-ring (bicyclic) bond motifs is 1. The third-order valence-electron chi connectivity index (χ3n) is 4.33. The molecule has 1 unspecified atom stereocenters. The Bertz CT molecular complexity index is 970. The lowest BCUT2D eigenvalue weighted by Crippen LogP contribution is -2.13. The first-order valence-electron chi connectivity index (χ1n) is 8.27. The number of carbonyl (C=O) groups excluding carboxylic acids is 1. The Hall–Kier alpha value is -3.29. The molecule has 3 aromatic rings. The number of carbonyl (C=O) groups is 1. The summed E-state index contributed by atoms with van der Waals surface area (Å²) in [4.78, 5) is 16.6. The smallest absolute Gasteiger partial charge is 0.254 e. The van der Waals surface area contributed by atoms with E-state index in [-0.39, 0.29) is 11.9 Å². The second-order valence-electron chi connectivity index (χ2n) is 6.12. The Morgan fingerprint density at radius 1 is 1.31 bits per heavy atom. The van der Waals surface area contributed by atoms with Crippen LogP contribution in [0.1, 0.15) is 28.9 Å². The van der Waals surface area contributed by atoms with Gasteiger partial charge in [-0.2, -0.15) is 0 Å². The molecular formula is C18H17FN6O. The molecule has 3 heterocycles. The van der Waals surface area contributed by atoms with E-state index < -0.39 is 6.67 Å². The van der Waals surface area contributed by atoms with Crippen molar-refractivity contribution in [1.82, 2.24) is 25.1 Å². The molecule has 0 radical (unpaired) electrons. The lowest BCUT2D eigenvalue weighted by molar-refractivity contribution is 0.0966. The highest BCUT2D eigenvalue weighted by atomic mass is 19.1. The fourth-order valence-electron chi connectivity index (χ4n) is 2.97. The summed E-state index contributed by atoms with van der Waals surface area (Å²) in [6.07, 6.45) is 1.50. The minimum Gasteiger partial charge on any atom is -0.348 e. The normalized spacial score (nSPS) is 14.0. The van der Waals surface area contributed by atoms with E-state index in [1.807, 2.05) is 24.3 Å². The highest BCUT2D eigenvalue weighted by molar-refractivity contribution is 6.04. The molecule has 1 aliphatic rings. The van der Waals surface area contributed by atoms with Crippen molar-refractivity contribution in [2.45, 2.75) is 19.5 Å². The van der Waals surface area contributed by atoms with Crippen LogP contribution in [0.25, 0.3) is 11.5 Å². The molecule has 0 bridgehead atoms. The number of benzene rings is 1. The minimum atomic E-state index is -0.520. The number of hydrogen-bond donors (Lipinski definition) is 2. The maximum absolute atomic E-state index is 13.0. The Kier molecular flexibility index (Phi) is 4.08. The van der Waals surface area contributed by atoms with Crippen molar-refractivity contribution < 1.29 is 9.18 Å². The van der Waals surface area contributed by atoms with E-state index in [0.717, 1.165) is 5.56 Å². The van der Waals surface area contributed by atoms with Crippen LogP contribution >= 0.6 is 0 Å². The first-order chi connectivity index (χ1) is 12.7. The van der Waals surface area contributed by atoms with Gasteiger partial charge in [-0.05, 0) is 30.7 Å². The number of halogens is 1. The molecule has 1 amide bonds. The number of pyridine rings is 1. The number of anilines is 2. The van der Waals surface area contributed by atoms with Gasteiger partial charge in [-0.25, -0.2) is 9.37 Å². The summed E-state index contributed by atoms with van der Waals surface area (Å²) in [5, 5.41) is 13.9. The monoisotopic (exact) mass is 352 g/mol. The van der Waals surface area contributed by atoms with Crippen LogP contribution in [0.5, 0.6) is 0 Å². The first kappa shape index (κ1) is 16.2. The number of hydrogen-bond acceptors (Lipinski definition) is 5. The average molecular weight is 352 g/mol. The fourth-order valence-corrected chi connectivity index (χ4v) is 2.97. The van der Waals surface area contributed by atoms with E-state index in [9.17, 15) is 9.18 Å².